The maximum absolute atomic E-state index is 11.5. The normalized spacial score (nSPS) is 10.3. The average Bonchev–Trinajstić information content (AvgIpc) is 2.42. The molecule has 0 fully saturated rings. The van der Waals surface area contributed by atoms with Crippen LogP contribution in [0.2, 0.25) is 0 Å². The number of hydrogen-bond donors (Lipinski definition) is 3. The van der Waals surface area contributed by atoms with E-state index in [1.54, 1.807) is 30.3 Å². The van der Waals surface area contributed by atoms with Gasteiger partial charge in [-0.25, -0.2) is 0 Å². The summed E-state index contributed by atoms with van der Waals surface area (Å²) in [4.78, 5) is 32.6. The Morgan fingerprint density at radius 3 is 2.43 bits per heavy atom. The van der Waals surface area contributed by atoms with Gasteiger partial charge in [-0.2, -0.15) is 0 Å². The molecule has 1 aromatic carbocycles. The van der Waals surface area contributed by atoms with E-state index in [0.29, 0.717) is 18.7 Å². The highest BCUT2D eigenvalue weighted by Gasteiger charge is 1.99. The second kappa shape index (κ2) is 8.52. The van der Waals surface area contributed by atoms with Gasteiger partial charge in [-0.3, -0.25) is 14.4 Å². The molecule has 0 radical (unpaired) electrons. The minimum absolute atomic E-state index is 0.0363. The van der Waals surface area contributed by atoms with Crippen LogP contribution in [0.1, 0.15) is 25.3 Å². The van der Waals surface area contributed by atoms with E-state index in [4.69, 9.17) is 5.11 Å². The third kappa shape index (κ3) is 7.51. The fourth-order valence-corrected chi connectivity index (χ4v) is 1.56. The first kappa shape index (κ1) is 16.4. The van der Waals surface area contributed by atoms with E-state index in [2.05, 4.69) is 10.6 Å². The van der Waals surface area contributed by atoms with Gasteiger partial charge in [0.15, 0.2) is 0 Å². The van der Waals surface area contributed by atoms with Crippen molar-refractivity contribution in [1.82, 2.24) is 5.32 Å². The van der Waals surface area contributed by atoms with Crippen molar-refractivity contribution < 1.29 is 19.5 Å². The molecule has 0 unspecified atom stereocenters. The maximum atomic E-state index is 11.5. The molecule has 0 aliphatic rings. The predicted molar refractivity (Wildman–Crippen MR) is 79.7 cm³/mol. The fraction of sp³-hybridized carbons (Fsp3) is 0.267. The van der Waals surface area contributed by atoms with Crippen LogP contribution < -0.4 is 10.6 Å². The van der Waals surface area contributed by atoms with Gasteiger partial charge in [0.2, 0.25) is 11.8 Å². The first-order valence-electron chi connectivity index (χ1n) is 6.53. The SMILES string of the molecule is CC(=O)Nc1ccc(C=CC(=O)NCCCC(=O)O)cc1. The Bertz CT molecular complexity index is 535. The third-order valence-electron chi connectivity index (χ3n) is 2.52. The van der Waals surface area contributed by atoms with Gasteiger partial charge in [0.05, 0.1) is 0 Å². The van der Waals surface area contributed by atoms with E-state index in [1.807, 2.05) is 0 Å². The minimum Gasteiger partial charge on any atom is -0.481 e. The first-order valence-corrected chi connectivity index (χ1v) is 6.53. The summed E-state index contributed by atoms with van der Waals surface area (Å²) in [6, 6.07) is 7.04. The quantitative estimate of drug-likeness (QED) is 0.525. The monoisotopic (exact) mass is 290 g/mol. The molecule has 0 aliphatic carbocycles. The van der Waals surface area contributed by atoms with Crippen LogP contribution in [-0.4, -0.2) is 29.4 Å². The number of aliphatic carboxylic acids is 1. The van der Waals surface area contributed by atoms with Crippen LogP contribution in [0.25, 0.3) is 6.08 Å². The lowest BCUT2D eigenvalue weighted by molar-refractivity contribution is -0.137. The average molecular weight is 290 g/mol. The van der Waals surface area contributed by atoms with E-state index in [-0.39, 0.29) is 18.2 Å². The molecule has 3 N–H and O–H groups in total. The molecule has 112 valence electrons. The summed E-state index contributed by atoms with van der Waals surface area (Å²) in [5.41, 5.74) is 1.52. The zero-order chi connectivity index (χ0) is 15.7. The van der Waals surface area contributed by atoms with Gasteiger partial charge in [-0.05, 0) is 30.2 Å². The molecule has 21 heavy (non-hydrogen) atoms. The number of carboxylic acid groups (broad SMARTS) is 1. The number of carbonyl (C=O) groups excluding carboxylic acids is 2. The zero-order valence-electron chi connectivity index (χ0n) is 11.8. The molecular formula is C15H18N2O4. The lowest BCUT2D eigenvalue weighted by Crippen LogP contribution is -2.22. The summed E-state index contributed by atoms with van der Waals surface area (Å²) in [5.74, 6) is -1.29. The molecule has 0 atom stereocenters. The number of amides is 2. The van der Waals surface area contributed by atoms with Gasteiger partial charge in [-0.15, -0.1) is 0 Å². The second-order valence-electron chi connectivity index (χ2n) is 4.42. The first-order chi connectivity index (χ1) is 9.97. The molecule has 2 amide bonds. The summed E-state index contributed by atoms with van der Waals surface area (Å²) >= 11 is 0. The van der Waals surface area contributed by atoms with Gasteiger partial charge in [0.25, 0.3) is 0 Å². The van der Waals surface area contributed by atoms with Gasteiger partial charge in [0, 0.05) is 31.7 Å². The van der Waals surface area contributed by atoms with Gasteiger partial charge >= 0.3 is 5.97 Å². The molecule has 6 heteroatoms. The Kier molecular flexibility index (Phi) is 6.67. The van der Waals surface area contributed by atoms with Crippen molar-refractivity contribution in [2.45, 2.75) is 19.8 Å². The van der Waals surface area contributed by atoms with Gasteiger partial charge in [0.1, 0.15) is 0 Å². The number of hydrogen-bond acceptors (Lipinski definition) is 3. The van der Waals surface area contributed by atoms with Crippen molar-refractivity contribution in [2.75, 3.05) is 11.9 Å². The lowest BCUT2D eigenvalue weighted by Gasteiger charge is -2.02. The standard InChI is InChI=1S/C15H18N2O4/c1-11(18)17-13-7-4-12(5-8-13)6-9-14(19)16-10-2-3-15(20)21/h4-9H,2-3,10H2,1H3,(H,16,19)(H,17,18)(H,20,21). The number of benzene rings is 1. The number of nitrogens with one attached hydrogen (secondary N) is 2. The van der Waals surface area contributed by atoms with Crippen molar-refractivity contribution in [2.24, 2.45) is 0 Å². The van der Waals surface area contributed by atoms with Gasteiger partial charge in [-0.1, -0.05) is 12.1 Å². The molecule has 1 rings (SSSR count). The predicted octanol–water partition coefficient (Wildman–Crippen LogP) is 1.64. The zero-order valence-corrected chi connectivity index (χ0v) is 11.8. The molecule has 0 saturated carbocycles. The summed E-state index contributed by atoms with van der Waals surface area (Å²) in [5, 5.41) is 13.7. The topological polar surface area (TPSA) is 95.5 Å². The Hall–Kier alpha value is -2.63. The van der Waals surface area contributed by atoms with E-state index in [1.165, 1.54) is 13.0 Å². The third-order valence-corrected chi connectivity index (χ3v) is 2.52. The molecule has 0 heterocycles. The van der Waals surface area contributed by atoms with Crippen molar-refractivity contribution in [3.8, 4) is 0 Å². The van der Waals surface area contributed by atoms with E-state index >= 15 is 0 Å². The molecule has 0 aromatic heterocycles. The molecular weight excluding hydrogens is 272 g/mol. The van der Waals surface area contributed by atoms with Crippen LogP contribution in [0.15, 0.2) is 30.3 Å². The summed E-state index contributed by atoms with van der Waals surface area (Å²) < 4.78 is 0. The van der Waals surface area contributed by atoms with E-state index < -0.39 is 5.97 Å². The minimum atomic E-state index is -0.876. The van der Waals surface area contributed by atoms with Crippen LogP contribution in [0, 0.1) is 0 Å². The number of rotatable bonds is 7. The number of carboxylic acids is 1. The molecule has 0 bridgehead atoms. The summed E-state index contributed by atoms with van der Waals surface area (Å²) in [7, 11) is 0. The molecule has 0 spiro atoms. The molecule has 6 nitrogen and oxygen atoms in total. The van der Waals surface area contributed by atoms with E-state index in [9.17, 15) is 14.4 Å². The van der Waals surface area contributed by atoms with Gasteiger partial charge < -0.3 is 15.7 Å². The Balaban J connectivity index is 2.39. The highest BCUT2D eigenvalue weighted by atomic mass is 16.4. The molecule has 0 saturated heterocycles. The maximum Gasteiger partial charge on any atom is 0.303 e. The fourth-order valence-electron chi connectivity index (χ4n) is 1.56. The highest BCUT2D eigenvalue weighted by Crippen LogP contribution is 2.10. The molecule has 1 aromatic rings. The second-order valence-corrected chi connectivity index (χ2v) is 4.42. The largest absolute Gasteiger partial charge is 0.481 e. The lowest BCUT2D eigenvalue weighted by atomic mass is 10.2. The Labute approximate surface area is 122 Å². The Morgan fingerprint density at radius 2 is 1.86 bits per heavy atom. The van der Waals surface area contributed by atoms with Crippen molar-refractivity contribution in [3.05, 3.63) is 35.9 Å². The van der Waals surface area contributed by atoms with Crippen molar-refractivity contribution in [1.29, 1.82) is 0 Å². The summed E-state index contributed by atoms with van der Waals surface area (Å²) in [6.45, 7) is 1.76. The van der Waals surface area contributed by atoms with Crippen LogP contribution in [0.3, 0.4) is 0 Å². The van der Waals surface area contributed by atoms with Crippen molar-refractivity contribution >= 4 is 29.5 Å². The van der Waals surface area contributed by atoms with Crippen LogP contribution in [0.5, 0.6) is 0 Å². The number of anilines is 1. The molecule has 0 aliphatic heterocycles. The van der Waals surface area contributed by atoms with Crippen LogP contribution >= 0.6 is 0 Å². The van der Waals surface area contributed by atoms with Crippen molar-refractivity contribution in [3.63, 3.8) is 0 Å². The van der Waals surface area contributed by atoms with Crippen LogP contribution in [0.4, 0.5) is 5.69 Å². The number of carbonyl (C=O) groups is 3. The highest BCUT2D eigenvalue weighted by molar-refractivity contribution is 5.92. The Morgan fingerprint density at radius 1 is 1.19 bits per heavy atom. The smallest absolute Gasteiger partial charge is 0.303 e. The van der Waals surface area contributed by atoms with E-state index in [0.717, 1.165) is 5.56 Å². The summed E-state index contributed by atoms with van der Waals surface area (Å²) in [6.07, 6.45) is 3.47. The van der Waals surface area contributed by atoms with Crippen LogP contribution in [-0.2, 0) is 14.4 Å².